The Kier molecular flexibility index (Phi) is 6.30. The summed E-state index contributed by atoms with van der Waals surface area (Å²) in [6, 6.07) is 6.08. The van der Waals surface area contributed by atoms with Gasteiger partial charge in [0.1, 0.15) is 11.5 Å². The third-order valence-corrected chi connectivity index (χ3v) is 6.49. The topological polar surface area (TPSA) is 144 Å². The molecule has 30 heavy (non-hydrogen) atoms. The van der Waals surface area contributed by atoms with E-state index in [1.165, 1.54) is 64.1 Å². The summed E-state index contributed by atoms with van der Waals surface area (Å²) < 4.78 is 37.8. The fraction of sp³-hybridized carbons (Fsp3) is 0.389. The molecule has 1 aromatic heterocycles. The van der Waals surface area contributed by atoms with Gasteiger partial charge in [0, 0.05) is 13.2 Å². The number of benzene rings is 1. The molecule has 0 fully saturated rings. The van der Waals surface area contributed by atoms with Crippen LogP contribution in [0.1, 0.15) is 31.3 Å². The molecule has 11 nitrogen and oxygen atoms in total. The maximum atomic E-state index is 13.5. The Labute approximate surface area is 175 Å². The van der Waals surface area contributed by atoms with Crippen LogP contribution in [0.5, 0.6) is 11.5 Å². The van der Waals surface area contributed by atoms with E-state index in [1.807, 2.05) is 0 Å². The Bertz CT molecular complexity index is 1040. The molecule has 0 aliphatic rings. The first-order chi connectivity index (χ1) is 13.9. The molecule has 0 radical (unpaired) electrons. The highest BCUT2D eigenvalue weighted by Gasteiger charge is 2.44. The molecule has 2 rings (SSSR count). The van der Waals surface area contributed by atoms with Gasteiger partial charge in [-0.1, -0.05) is 6.07 Å². The molecule has 0 saturated carbocycles. The molecule has 0 spiro atoms. The first-order valence-corrected chi connectivity index (χ1v) is 10.2. The van der Waals surface area contributed by atoms with E-state index in [9.17, 15) is 13.2 Å². The van der Waals surface area contributed by atoms with Crippen molar-refractivity contribution >= 4 is 27.6 Å². The lowest BCUT2D eigenvalue weighted by molar-refractivity contribution is 0.0951. The van der Waals surface area contributed by atoms with Crippen LogP contribution in [0.3, 0.4) is 0 Å². The third kappa shape index (κ3) is 4.03. The molecule has 0 aliphatic carbocycles. The number of aryl methyl sites for hydroxylation is 1. The Morgan fingerprint density at radius 1 is 1.17 bits per heavy atom. The van der Waals surface area contributed by atoms with E-state index in [1.54, 1.807) is 13.1 Å². The maximum absolute atomic E-state index is 13.5. The number of rotatable bonds is 5. The van der Waals surface area contributed by atoms with Crippen LogP contribution in [0.4, 0.5) is 5.69 Å². The first kappa shape index (κ1) is 23.0. The summed E-state index contributed by atoms with van der Waals surface area (Å²) in [7, 11) is -0.00918. The quantitative estimate of drug-likeness (QED) is 0.407. The van der Waals surface area contributed by atoms with Gasteiger partial charge in [-0.15, -0.1) is 4.41 Å². The average Bonchev–Trinajstić information content (AvgIpc) is 3.09. The van der Waals surface area contributed by atoms with Gasteiger partial charge in [0.2, 0.25) is 5.96 Å². The number of carbonyl (C=O) groups is 1. The molecule has 164 valence electrons. The van der Waals surface area contributed by atoms with Crippen molar-refractivity contribution in [2.45, 2.75) is 25.5 Å². The van der Waals surface area contributed by atoms with Crippen molar-refractivity contribution in [3.8, 4) is 11.5 Å². The summed E-state index contributed by atoms with van der Waals surface area (Å²) in [5, 5.41) is 12.8. The van der Waals surface area contributed by atoms with Crippen molar-refractivity contribution in [2.24, 2.45) is 12.8 Å². The monoisotopic (exact) mass is 438 g/mol. The van der Waals surface area contributed by atoms with E-state index in [0.29, 0.717) is 4.41 Å². The van der Waals surface area contributed by atoms with Crippen molar-refractivity contribution in [2.75, 3.05) is 19.2 Å². The number of nitrogens with two attached hydrogens (primary N) is 1. The van der Waals surface area contributed by atoms with Crippen LogP contribution >= 0.6 is 0 Å². The fourth-order valence-corrected chi connectivity index (χ4v) is 3.71. The summed E-state index contributed by atoms with van der Waals surface area (Å²) in [6.07, 6.45) is 1.53. The number of hydrogen-bond donors (Lipinski definition) is 2. The highest BCUT2D eigenvalue weighted by molar-refractivity contribution is 7.91. The van der Waals surface area contributed by atoms with Crippen LogP contribution in [0.2, 0.25) is 0 Å². The number of carbonyl (C=O) groups excluding carboxylic acids is 1. The molecule has 1 heterocycles. The maximum Gasteiger partial charge on any atom is 0.298 e. The SMILES string of the molecule is COc1cccc(OC)c1N(C(=O)c1ccn(C)n1)N(C(=N)N)S(=O)(=O)C(C)(C)C. The summed E-state index contributed by atoms with van der Waals surface area (Å²) in [5.74, 6) is -1.47. The summed E-state index contributed by atoms with van der Waals surface area (Å²) >= 11 is 0. The van der Waals surface area contributed by atoms with Gasteiger partial charge in [-0.05, 0) is 39.0 Å². The van der Waals surface area contributed by atoms with Crippen LogP contribution in [0.15, 0.2) is 30.5 Å². The zero-order chi connectivity index (χ0) is 22.9. The van der Waals surface area contributed by atoms with Gasteiger partial charge >= 0.3 is 0 Å². The second-order valence-corrected chi connectivity index (χ2v) is 9.77. The van der Waals surface area contributed by atoms with Gasteiger partial charge in [-0.3, -0.25) is 14.9 Å². The highest BCUT2D eigenvalue weighted by Crippen LogP contribution is 2.40. The molecule has 2 aromatic rings. The number of nitrogens with one attached hydrogen (secondary N) is 1. The normalized spacial score (nSPS) is 11.7. The van der Waals surface area contributed by atoms with Gasteiger partial charge in [0.05, 0.1) is 19.0 Å². The number of hydrazine groups is 1. The Morgan fingerprint density at radius 2 is 1.70 bits per heavy atom. The smallest absolute Gasteiger partial charge is 0.298 e. The first-order valence-electron chi connectivity index (χ1n) is 8.80. The van der Waals surface area contributed by atoms with Crippen molar-refractivity contribution in [1.29, 1.82) is 5.41 Å². The summed E-state index contributed by atoms with van der Waals surface area (Å²) in [6.45, 7) is 4.30. The minimum absolute atomic E-state index is 0.0406. The number of amides is 1. The molecular weight excluding hydrogens is 412 g/mol. The Balaban J connectivity index is 2.91. The number of sulfonamides is 1. The lowest BCUT2D eigenvalue weighted by atomic mass is 10.2. The summed E-state index contributed by atoms with van der Waals surface area (Å²) in [5.41, 5.74) is 5.58. The zero-order valence-corrected chi connectivity index (χ0v) is 18.5. The molecule has 0 aliphatic heterocycles. The molecule has 3 N–H and O–H groups in total. The number of guanidine groups is 1. The number of anilines is 1. The predicted molar refractivity (Wildman–Crippen MR) is 112 cm³/mol. The minimum atomic E-state index is -4.34. The van der Waals surface area contributed by atoms with Crippen LogP contribution in [0, 0.1) is 5.41 Å². The highest BCUT2D eigenvalue weighted by atomic mass is 32.2. The van der Waals surface area contributed by atoms with Crippen LogP contribution in [-0.4, -0.2) is 53.4 Å². The van der Waals surface area contributed by atoms with Gasteiger partial charge in [-0.25, -0.2) is 8.42 Å². The van der Waals surface area contributed by atoms with Gasteiger partial charge < -0.3 is 15.2 Å². The molecule has 0 saturated heterocycles. The number of aromatic nitrogens is 2. The predicted octanol–water partition coefficient (Wildman–Crippen LogP) is 1.32. The van der Waals surface area contributed by atoms with E-state index in [-0.39, 0.29) is 22.9 Å². The second kappa shape index (κ2) is 8.22. The van der Waals surface area contributed by atoms with Crippen molar-refractivity contribution in [3.05, 3.63) is 36.2 Å². The third-order valence-electron chi connectivity index (χ3n) is 4.13. The number of ether oxygens (including phenoxy) is 2. The average molecular weight is 439 g/mol. The minimum Gasteiger partial charge on any atom is -0.494 e. The van der Waals surface area contributed by atoms with E-state index in [2.05, 4.69) is 5.10 Å². The Hall–Kier alpha value is -3.28. The van der Waals surface area contributed by atoms with Crippen LogP contribution in [-0.2, 0) is 17.1 Å². The van der Waals surface area contributed by atoms with E-state index in [0.717, 1.165) is 5.01 Å². The second-order valence-electron chi connectivity index (χ2n) is 7.25. The number of methoxy groups -OCH3 is 2. The molecular formula is C18H26N6O5S. The van der Waals surface area contributed by atoms with E-state index in [4.69, 9.17) is 20.6 Å². The van der Waals surface area contributed by atoms with E-state index >= 15 is 0 Å². The van der Waals surface area contributed by atoms with Crippen LogP contribution < -0.4 is 20.2 Å². The molecule has 0 unspecified atom stereocenters. The van der Waals surface area contributed by atoms with Gasteiger partial charge in [-0.2, -0.15) is 10.1 Å². The number of hydrogen-bond acceptors (Lipinski definition) is 7. The van der Waals surface area contributed by atoms with Crippen molar-refractivity contribution in [3.63, 3.8) is 0 Å². The van der Waals surface area contributed by atoms with Gasteiger partial charge in [0.25, 0.3) is 15.9 Å². The van der Waals surface area contributed by atoms with Crippen molar-refractivity contribution in [1.82, 2.24) is 14.2 Å². The lowest BCUT2D eigenvalue weighted by Gasteiger charge is -2.38. The lowest BCUT2D eigenvalue weighted by Crippen LogP contribution is -2.59. The molecule has 1 amide bonds. The Morgan fingerprint density at radius 3 is 2.07 bits per heavy atom. The zero-order valence-electron chi connectivity index (χ0n) is 17.7. The molecule has 0 atom stereocenters. The van der Waals surface area contributed by atoms with Gasteiger partial charge in [0.15, 0.2) is 11.4 Å². The number of para-hydroxylation sites is 1. The molecule has 0 bridgehead atoms. The standard InChI is InChI=1S/C18H26N6O5S/c1-18(2,3)30(26,27)24(17(19)20)23(16(25)12-10-11-22(4)21-12)15-13(28-5)8-7-9-14(15)29-6/h7-11H,1-6H3,(H3,19,20). The number of nitrogens with zero attached hydrogens (tertiary/aromatic N) is 4. The largest absolute Gasteiger partial charge is 0.494 e. The molecule has 12 heteroatoms. The molecule has 1 aromatic carbocycles. The summed E-state index contributed by atoms with van der Waals surface area (Å²) in [4.78, 5) is 13.5. The van der Waals surface area contributed by atoms with Crippen molar-refractivity contribution < 1.29 is 22.7 Å². The van der Waals surface area contributed by atoms with E-state index < -0.39 is 26.6 Å². The fourth-order valence-electron chi connectivity index (χ4n) is 2.56. The van der Waals surface area contributed by atoms with Crippen LogP contribution in [0.25, 0.3) is 0 Å².